The highest BCUT2D eigenvalue weighted by Crippen LogP contribution is 2.46. The fraction of sp³-hybridized carbons (Fsp3) is 0. The van der Waals surface area contributed by atoms with E-state index in [1.165, 1.54) is 60.0 Å². The Hall–Kier alpha value is -7.04. The molecule has 0 spiro atoms. The van der Waals surface area contributed by atoms with Gasteiger partial charge in [0.15, 0.2) is 5.82 Å². The molecule has 0 atom stereocenters. The van der Waals surface area contributed by atoms with Crippen LogP contribution >= 0.6 is 0 Å². The van der Waals surface area contributed by atoms with E-state index in [1.807, 2.05) is 0 Å². The summed E-state index contributed by atoms with van der Waals surface area (Å²) in [5, 5.41) is 9.67. The first kappa shape index (κ1) is 27.7. The lowest BCUT2D eigenvalue weighted by atomic mass is 9.98. The summed E-state index contributed by atoms with van der Waals surface area (Å²) in [6, 6.07) is 61.1. The van der Waals surface area contributed by atoms with Crippen molar-refractivity contribution in [1.29, 1.82) is 0 Å². The van der Waals surface area contributed by atoms with Gasteiger partial charge in [-0.1, -0.05) is 127 Å². The summed E-state index contributed by atoms with van der Waals surface area (Å²) in [4.78, 5) is 11.0. The maximum atomic E-state index is 5.52. The Balaban J connectivity index is 1.30. The zero-order valence-corrected chi connectivity index (χ0v) is 28.0. The summed E-state index contributed by atoms with van der Waals surface area (Å²) in [6.45, 7) is 0. The van der Waals surface area contributed by atoms with Gasteiger partial charge in [0.2, 0.25) is 0 Å². The second-order valence-corrected chi connectivity index (χ2v) is 13.8. The molecule has 4 aromatic heterocycles. The van der Waals surface area contributed by atoms with Gasteiger partial charge < -0.3 is 4.40 Å². The highest BCUT2D eigenvalue weighted by Gasteiger charge is 2.25. The Morgan fingerprint density at radius 1 is 0.385 bits per heavy atom. The first-order chi connectivity index (χ1) is 25.8. The molecule has 0 N–H and O–H groups in total. The van der Waals surface area contributed by atoms with Gasteiger partial charge in [-0.25, -0.2) is 9.97 Å². The van der Waals surface area contributed by atoms with E-state index in [4.69, 9.17) is 9.97 Å². The number of benzene rings is 8. The van der Waals surface area contributed by atoms with Crippen molar-refractivity contribution in [2.75, 3.05) is 0 Å². The van der Waals surface area contributed by atoms with Crippen molar-refractivity contribution in [2.45, 2.75) is 0 Å². The standard InChI is InChI=1S/C48H28N4/c1-3-13-29(14-4-1)32-27-36-34-19-9-10-21-39(34)51-41-23-12-24-42-44(41)43-35(37(28-32)47(36)51)20-11-22-40(43)52(42)48-45(31-16-5-2-6-17-31)50-46-33-18-8-7-15-30(33)25-26-38(46)49-48/h1-28H. The summed E-state index contributed by atoms with van der Waals surface area (Å²) in [5.74, 6) is 0.824. The maximum absolute atomic E-state index is 5.52. The Kier molecular flexibility index (Phi) is 5.47. The second kappa shape index (κ2) is 10.3. The Labute approximate surface area is 297 Å². The van der Waals surface area contributed by atoms with E-state index in [1.54, 1.807) is 0 Å². The van der Waals surface area contributed by atoms with Gasteiger partial charge in [0.05, 0.1) is 38.6 Å². The Morgan fingerprint density at radius 3 is 1.83 bits per heavy atom. The molecule has 0 amide bonds. The maximum Gasteiger partial charge on any atom is 0.165 e. The molecule has 0 saturated carbocycles. The van der Waals surface area contributed by atoms with Crippen LogP contribution < -0.4 is 0 Å². The van der Waals surface area contributed by atoms with Crippen LogP contribution in [0.1, 0.15) is 0 Å². The van der Waals surface area contributed by atoms with Crippen molar-refractivity contribution in [1.82, 2.24) is 18.9 Å². The second-order valence-electron chi connectivity index (χ2n) is 13.8. The zero-order chi connectivity index (χ0) is 33.9. The molecule has 0 fully saturated rings. The van der Waals surface area contributed by atoms with Crippen LogP contribution in [0.25, 0.3) is 110 Å². The minimum absolute atomic E-state index is 0.824. The van der Waals surface area contributed by atoms with E-state index in [0.717, 1.165) is 49.9 Å². The Bertz CT molecular complexity index is 3390. The molecule has 0 aliphatic rings. The van der Waals surface area contributed by atoms with Gasteiger partial charge in [0.25, 0.3) is 0 Å². The molecule has 12 rings (SSSR count). The van der Waals surface area contributed by atoms with Gasteiger partial charge in [-0.15, -0.1) is 0 Å². The van der Waals surface area contributed by atoms with E-state index in [9.17, 15) is 0 Å². The van der Waals surface area contributed by atoms with Crippen molar-refractivity contribution in [3.63, 3.8) is 0 Å². The SMILES string of the molecule is c1ccc(-c2cc3c4cccc5c4c4c(cccc4n4c6ccccc6c(c2)c34)n5-c2nc3ccc4ccccc4c3nc2-c2ccccc2)cc1. The lowest BCUT2D eigenvalue weighted by Gasteiger charge is -2.15. The predicted molar refractivity (Wildman–Crippen MR) is 217 cm³/mol. The fourth-order valence-electron chi connectivity index (χ4n) is 8.80. The van der Waals surface area contributed by atoms with Gasteiger partial charge in [-0.2, -0.15) is 0 Å². The normalized spacial score (nSPS) is 12.2. The third-order valence-electron chi connectivity index (χ3n) is 11.0. The first-order valence-corrected chi connectivity index (χ1v) is 17.8. The number of fused-ring (bicyclic) bond motifs is 8. The number of para-hydroxylation sites is 1. The first-order valence-electron chi connectivity index (χ1n) is 17.8. The van der Waals surface area contributed by atoms with E-state index >= 15 is 0 Å². The highest BCUT2D eigenvalue weighted by molar-refractivity contribution is 6.31. The monoisotopic (exact) mass is 660 g/mol. The third-order valence-corrected chi connectivity index (χ3v) is 11.0. The summed E-state index contributed by atoms with van der Waals surface area (Å²) in [7, 11) is 0. The molecular weight excluding hydrogens is 633 g/mol. The van der Waals surface area contributed by atoms with Gasteiger partial charge >= 0.3 is 0 Å². The minimum atomic E-state index is 0.824. The van der Waals surface area contributed by atoms with Crippen LogP contribution in [-0.2, 0) is 0 Å². The highest BCUT2D eigenvalue weighted by atomic mass is 15.1. The molecule has 4 nitrogen and oxygen atoms in total. The lowest BCUT2D eigenvalue weighted by molar-refractivity contribution is 1.08. The number of hydrogen-bond acceptors (Lipinski definition) is 2. The van der Waals surface area contributed by atoms with E-state index in [-0.39, 0.29) is 0 Å². The summed E-state index contributed by atoms with van der Waals surface area (Å²) in [5.41, 5.74) is 11.9. The molecule has 12 aromatic rings. The molecule has 0 unspecified atom stereocenters. The number of nitrogens with zero attached hydrogens (tertiary/aromatic N) is 4. The molecule has 0 radical (unpaired) electrons. The van der Waals surface area contributed by atoms with Gasteiger partial charge in [-0.3, -0.25) is 4.57 Å². The summed E-state index contributed by atoms with van der Waals surface area (Å²) in [6.07, 6.45) is 0. The van der Waals surface area contributed by atoms with E-state index in [0.29, 0.717) is 0 Å². The molecule has 0 saturated heterocycles. The molecule has 4 heteroatoms. The number of hydrogen-bond donors (Lipinski definition) is 0. The van der Waals surface area contributed by atoms with Crippen molar-refractivity contribution < 1.29 is 0 Å². The number of aromatic nitrogens is 4. The van der Waals surface area contributed by atoms with Crippen LogP contribution in [-0.4, -0.2) is 18.9 Å². The topological polar surface area (TPSA) is 35.1 Å². The van der Waals surface area contributed by atoms with Crippen molar-refractivity contribution in [2.24, 2.45) is 0 Å². The summed E-state index contributed by atoms with van der Waals surface area (Å²) < 4.78 is 4.85. The molecule has 8 aromatic carbocycles. The Morgan fingerprint density at radius 2 is 1.00 bits per heavy atom. The van der Waals surface area contributed by atoms with Crippen LogP contribution in [0.5, 0.6) is 0 Å². The molecular formula is C48H28N4. The van der Waals surface area contributed by atoms with Gasteiger partial charge in [0.1, 0.15) is 5.69 Å². The molecule has 0 aliphatic carbocycles. The van der Waals surface area contributed by atoms with Crippen LogP contribution in [0, 0.1) is 0 Å². The van der Waals surface area contributed by atoms with Gasteiger partial charge in [0, 0.05) is 37.9 Å². The molecule has 0 bridgehead atoms. The van der Waals surface area contributed by atoms with Crippen LogP contribution in [0.2, 0.25) is 0 Å². The molecule has 52 heavy (non-hydrogen) atoms. The van der Waals surface area contributed by atoms with Gasteiger partial charge in [-0.05, 0) is 64.4 Å². The van der Waals surface area contributed by atoms with E-state index < -0.39 is 0 Å². The van der Waals surface area contributed by atoms with Crippen molar-refractivity contribution in [3.8, 4) is 28.2 Å². The molecule has 4 heterocycles. The lowest BCUT2D eigenvalue weighted by Crippen LogP contribution is -2.04. The van der Waals surface area contributed by atoms with Crippen molar-refractivity contribution >= 4 is 81.7 Å². The fourth-order valence-corrected chi connectivity index (χ4v) is 8.80. The average Bonchev–Trinajstić information content (AvgIpc) is 3.69. The average molecular weight is 661 g/mol. The largest absolute Gasteiger partial charge is 0.308 e. The minimum Gasteiger partial charge on any atom is -0.308 e. The summed E-state index contributed by atoms with van der Waals surface area (Å²) >= 11 is 0. The molecule has 240 valence electrons. The number of rotatable bonds is 3. The van der Waals surface area contributed by atoms with E-state index in [2.05, 4.69) is 179 Å². The van der Waals surface area contributed by atoms with Crippen LogP contribution in [0.15, 0.2) is 170 Å². The molecule has 0 aliphatic heterocycles. The van der Waals surface area contributed by atoms with Crippen molar-refractivity contribution in [3.05, 3.63) is 170 Å². The van der Waals surface area contributed by atoms with Crippen LogP contribution in [0.3, 0.4) is 0 Å². The predicted octanol–water partition coefficient (Wildman–Crippen LogP) is 12.4. The van der Waals surface area contributed by atoms with Crippen LogP contribution in [0.4, 0.5) is 0 Å². The quantitative estimate of drug-likeness (QED) is 0.177. The zero-order valence-electron chi connectivity index (χ0n) is 28.0. The smallest absolute Gasteiger partial charge is 0.165 e. The third kappa shape index (κ3) is 3.65.